The van der Waals surface area contributed by atoms with E-state index in [9.17, 15) is 14.0 Å². The molecule has 2 amide bonds. The molecule has 2 aromatic rings. The summed E-state index contributed by atoms with van der Waals surface area (Å²) in [7, 11) is 1.57. The van der Waals surface area contributed by atoms with Crippen LogP contribution in [-0.4, -0.2) is 41.0 Å². The van der Waals surface area contributed by atoms with Gasteiger partial charge in [-0.1, -0.05) is 0 Å². The van der Waals surface area contributed by atoms with Gasteiger partial charge in [0.05, 0.1) is 19.2 Å². The van der Waals surface area contributed by atoms with Gasteiger partial charge in [-0.05, 0) is 74.6 Å². The summed E-state index contributed by atoms with van der Waals surface area (Å²) in [4.78, 5) is 28.8. The van der Waals surface area contributed by atoms with E-state index in [1.54, 1.807) is 36.3 Å². The Hall–Kier alpha value is -3.00. The minimum absolute atomic E-state index is 0.0547. The lowest BCUT2D eigenvalue weighted by atomic mass is 10.1. The monoisotopic (exact) mass is 415 g/mol. The minimum atomic E-state index is -0.731. The van der Waals surface area contributed by atoms with E-state index in [-0.39, 0.29) is 24.3 Å². The van der Waals surface area contributed by atoms with Gasteiger partial charge in [-0.25, -0.2) is 4.39 Å². The second kappa shape index (κ2) is 8.57. The van der Waals surface area contributed by atoms with Crippen LogP contribution >= 0.6 is 12.2 Å². The highest BCUT2D eigenvalue weighted by Crippen LogP contribution is 2.29. The second-order valence-corrected chi connectivity index (χ2v) is 7.30. The SMILES string of the molecule is COc1ccc(NC(=O)CC2C(=O)N(c3ccc(F)cc3)C(=S)N2C(C)C)cc1. The Morgan fingerprint density at radius 1 is 1.17 bits per heavy atom. The lowest BCUT2D eigenvalue weighted by Crippen LogP contribution is -2.42. The molecule has 1 atom stereocenters. The number of nitrogens with zero attached hydrogens (tertiary/aromatic N) is 2. The van der Waals surface area contributed by atoms with E-state index in [0.29, 0.717) is 22.2 Å². The molecule has 6 nitrogen and oxygen atoms in total. The number of nitrogens with one attached hydrogen (secondary N) is 1. The van der Waals surface area contributed by atoms with Crippen molar-refractivity contribution >= 4 is 40.5 Å². The molecule has 8 heteroatoms. The molecule has 1 unspecified atom stereocenters. The van der Waals surface area contributed by atoms with Gasteiger partial charge in [0.25, 0.3) is 5.91 Å². The van der Waals surface area contributed by atoms with Gasteiger partial charge in [-0.2, -0.15) is 0 Å². The fraction of sp³-hybridized carbons (Fsp3) is 0.286. The number of halogens is 1. The normalized spacial score (nSPS) is 16.5. The van der Waals surface area contributed by atoms with Crippen LogP contribution in [0.2, 0.25) is 0 Å². The van der Waals surface area contributed by atoms with Crippen LogP contribution in [0.5, 0.6) is 5.75 Å². The minimum Gasteiger partial charge on any atom is -0.497 e. The Labute approximate surface area is 174 Å². The highest BCUT2D eigenvalue weighted by atomic mass is 32.1. The van der Waals surface area contributed by atoms with Crippen LogP contribution in [-0.2, 0) is 9.59 Å². The third-order valence-corrected chi connectivity index (χ3v) is 5.04. The number of benzene rings is 2. The van der Waals surface area contributed by atoms with E-state index in [1.165, 1.54) is 29.2 Å². The highest BCUT2D eigenvalue weighted by molar-refractivity contribution is 7.80. The predicted molar refractivity (Wildman–Crippen MR) is 113 cm³/mol. The fourth-order valence-corrected chi connectivity index (χ4v) is 3.80. The quantitative estimate of drug-likeness (QED) is 0.731. The van der Waals surface area contributed by atoms with Gasteiger partial charge in [-0.15, -0.1) is 0 Å². The number of methoxy groups -OCH3 is 1. The van der Waals surface area contributed by atoms with Crippen LogP contribution in [0.15, 0.2) is 48.5 Å². The van der Waals surface area contributed by atoms with Crippen molar-refractivity contribution in [3.63, 3.8) is 0 Å². The van der Waals surface area contributed by atoms with Gasteiger partial charge in [0.2, 0.25) is 5.91 Å². The van der Waals surface area contributed by atoms with Crippen LogP contribution in [0, 0.1) is 5.82 Å². The zero-order chi connectivity index (χ0) is 21.1. The van der Waals surface area contributed by atoms with Crippen molar-refractivity contribution in [2.45, 2.75) is 32.4 Å². The van der Waals surface area contributed by atoms with Crippen molar-refractivity contribution in [3.8, 4) is 5.75 Å². The summed E-state index contributed by atoms with van der Waals surface area (Å²) in [5, 5.41) is 3.10. The van der Waals surface area contributed by atoms with Crippen LogP contribution in [0.25, 0.3) is 0 Å². The molecule has 1 aliphatic rings. The highest BCUT2D eigenvalue weighted by Gasteiger charge is 2.45. The molecule has 3 rings (SSSR count). The van der Waals surface area contributed by atoms with Crippen molar-refractivity contribution in [3.05, 3.63) is 54.3 Å². The van der Waals surface area contributed by atoms with Gasteiger partial charge in [0.1, 0.15) is 17.6 Å². The summed E-state index contributed by atoms with van der Waals surface area (Å²) in [6.45, 7) is 3.81. The van der Waals surface area contributed by atoms with Gasteiger partial charge >= 0.3 is 0 Å². The number of carbonyl (C=O) groups is 2. The topological polar surface area (TPSA) is 61.9 Å². The number of ether oxygens (including phenoxy) is 1. The predicted octanol–water partition coefficient (Wildman–Crippen LogP) is 3.57. The van der Waals surface area contributed by atoms with Crippen molar-refractivity contribution < 1.29 is 18.7 Å². The number of carbonyl (C=O) groups excluding carboxylic acids is 2. The van der Waals surface area contributed by atoms with E-state index in [4.69, 9.17) is 17.0 Å². The van der Waals surface area contributed by atoms with Gasteiger partial charge in [0, 0.05) is 11.7 Å². The van der Waals surface area contributed by atoms with Crippen LogP contribution in [0.4, 0.5) is 15.8 Å². The summed E-state index contributed by atoms with van der Waals surface area (Å²) in [5.74, 6) is -0.328. The van der Waals surface area contributed by atoms with Crippen molar-refractivity contribution in [1.29, 1.82) is 0 Å². The summed E-state index contributed by atoms with van der Waals surface area (Å²) < 4.78 is 18.4. The molecule has 0 radical (unpaired) electrons. The smallest absolute Gasteiger partial charge is 0.256 e. The second-order valence-electron chi connectivity index (χ2n) is 6.93. The summed E-state index contributed by atoms with van der Waals surface area (Å²) in [5.41, 5.74) is 1.08. The molecule has 1 saturated heterocycles. The number of rotatable bonds is 6. The average molecular weight is 415 g/mol. The molecule has 1 fully saturated rings. The largest absolute Gasteiger partial charge is 0.497 e. The summed E-state index contributed by atoms with van der Waals surface area (Å²) in [6.07, 6.45) is -0.0547. The van der Waals surface area contributed by atoms with Crippen LogP contribution in [0.3, 0.4) is 0 Å². The standard InChI is InChI=1S/C21H22FN3O3S/c1-13(2)24-18(12-19(26)23-15-6-10-17(28-3)11-7-15)20(27)25(21(24)29)16-8-4-14(22)5-9-16/h4-11,13,18H,12H2,1-3H3,(H,23,26). The van der Waals surface area contributed by atoms with Crippen LogP contribution in [0.1, 0.15) is 20.3 Å². The first-order chi connectivity index (χ1) is 13.8. The zero-order valence-corrected chi connectivity index (χ0v) is 17.2. The molecule has 2 aromatic carbocycles. The van der Waals surface area contributed by atoms with Crippen LogP contribution < -0.4 is 15.0 Å². The molecule has 29 heavy (non-hydrogen) atoms. The number of anilines is 2. The van der Waals surface area contributed by atoms with Gasteiger partial charge < -0.3 is 15.0 Å². The maximum absolute atomic E-state index is 13.3. The molecule has 152 valence electrons. The third kappa shape index (κ3) is 4.37. The first kappa shape index (κ1) is 20.7. The van der Waals surface area contributed by atoms with E-state index in [2.05, 4.69) is 5.32 Å². The van der Waals surface area contributed by atoms with Crippen molar-refractivity contribution in [2.24, 2.45) is 0 Å². The third-order valence-electron chi connectivity index (χ3n) is 4.65. The molecule has 0 saturated carbocycles. The van der Waals surface area contributed by atoms with E-state index in [0.717, 1.165) is 0 Å². The number of thiocarbonyl (C=S) groups is 1. The molecule has 0 spiro atoms. The fourth-order valence-electron chi connectivity index (χ4n) is 3.27. The zero-order valence-electron chi connectivity index (χ0n) is 16.4. The Morgan fingerprint density at radius 2 is 1.79 bits per heavy atom. The van der Waals surface area contributed by atoms with Gasteiger partial charge in [0.15, 0.2) is 5.11 Å². The van der Waals surface area contributed by atoms with E-state index in [1.807, 2.05) is 13.8 Å². The summed E-state index contributed by atoms with van der Waals surface area (Å²) in [6, 6.07) is 11.6. The molecular formula is C21H22FN3O3S. The molecule has 0 aliphatic carbocycles. The molecule has 0 bridgehead atoms. The summed E-state index contributed by atoms with van der Waals surface area (Å²) >= 11 is 5.51. The Morgan fingerprint density at radius 3 is 2.34 bits per heavy atom. The van der Waals surface area contributed by atoms with E-state index >= 15 is 0 Å². The maximum Gasteiger partial charge on any atom is 0.256 e. The van der Waals surface area contributed by atoms with Crippen molar-refractivity contribution in [1.82, 2.24) is 4.90 Å². The molecule has 1 heterocycles. The van der Waals surface area contributed by atoms with Gasteiger partial charge in [-0.3, -0.25) is 14.5 Å². The first-order valence-corrected chi connectivity index (χ1v) is 9.58. The first-order valence-electron chi connectivity index (χ1n) is 9.17. The van der Waals surface area contributed by atoms with Crippen molar-refractivity contribution in [2.75, 3.05) is 17.3 Å². The molecule has 0 aromatic heterocycles. The maximum atomic E-state index is 13.3. The Balaban J connectivity index is 1.78. The average Bonchev–Trinajstić information content (AvgIpc) is 2.93. The number of hydrogen-bond acceptors (Lipinski definition) is 4. The lowest BCUT2D eigenvalue weighted by Gasteiger charge is -2.27. The molecule has 1 aliphatic heterocycles. The lowest BCUT2D eigenvalue weighted by molar-refractivity contribution is -0.124. The molecular weight excluding hydrogens is 393 g/mol. The number of amides is 2. The Kier molecular flexibility index (Phi) is 6.12. The number of hydrogen-bond donors (Lipinski definition) is 1. The van der Waals surface area contributed by atoms with E-state index < -0.39 is 11.9 Å². The molecule has 1 N–H and O–H groups in total. The Bertz CT molecular complexity index is 916.